The van der Waals surface area contributed by atoms with E-state index < -0.39 is 22.2 Å². The van der Waals surface area contributed by atoms with Crippen LogP contribution in [0.25, 0.3) is 0 Å². The second kappa shape index (κ2) is 8.64. The zero-order valence-corrected chi connectivity index (χ0v) is 17.1. The zero-order valence-electron chi connectivity index (χ0n) is 14.0. The Labute approximate surface area is 162 Å². The largest absolute Gasteiger partial charge is 0.387 e. The highest BCUT2D eigenvalue weighted by atomic mass is 79.9. The molecule has 0 heterocycles. The number of hydrogen-bond acceptors (Lipinski definition) is 3. The van der Waals surface area contributed by atoms with Gasteiger partial charge in [-0.3, -0.25) is 0 Å². The van der Waals surface area contributed by atoms with Gasteiger partial charge in [-0.15, -0.1) is 0 Å². The van der Waals surface area contributed by atoms with Gasteiger partial charge in [0.05, 0.1) is 17.0 Å². The van der Waals surface area contributed by atoms with E-state index in [4.69, 9.17) is 11.6 Å². The van der Waals surface area contributed by atoms with E-state index in [2.05, 4.69) is 20.7 Å². The summed E-state index contributed by atoms with van der Waals surface area (Å²) in [5, 5.41) is 11.3. The van der Waals surface area contributed by atoms with Crippen molar-refractivity contribution < 1.29 is 13.5 Å². The first-order valence-electron chi connectivity index (χ1n) is 7.96. The van der Waals surface area contributed by atoms with E-state index >= 15 is 0 Å². The minimum atomic E-state index is -3.75. The molecule has 2 aromatic rings. The van der Waals surface area contributed by atoms with E-state index in [9.17, 15) is 13.5 Å². The van der Waals surface area contributed by atoms with Gasteiger partial charge >= 0.3 is 0 Å². The Kier molecular flexibility index (Phi) is 7.05. The molecule has 0 fully saturated rings. The van der Waals surface area contributed by atoms with Crippen molar-refractivity contribution in [3.05, 3.63) is 63.6 Å². The van der Waals surface area contributed by atoms with E-state index in [0.29, 0.717) is 10.6 Å². The Bertz CT molecular complexity index is 794. The minimum absolute atomic E-state index is 0.0594. The van der Waals surface area contributed by atoms with Crippen molar-refractivity contribution in [3.8, 4) is 0 Å². The maximum Gasteiger partial charge on any atom is 0.240 e. The first-order chi connectivity index (χ1) is 11.7. The van der Waals surface area contributed by atoms with Crippen LogP contribution in [0, 0.1) is 5.92 Å². The van der Waals surface area contributed by atoms with Crippen LogP contribution < -0.4 is 4.72 Å². The second-order valence-electron chi connectivity index (χ2n) is 5.98. The van der Waals surface area contributed by atoms with Gasteiger partial charge < -0.3 is 5.11 Å². The lowest BCUT2D eigenvalue weighted by molar-refractivity contribution is 0.112. The van der Waals surface area contributed by atoms with Crippen molar-refractivity contribution in [2.75, 3.05) is 0 Å². The van der Waals surface area contributed by atoms with Crippen molar-refractivity contribution in [2.45, 2.75) is 37.3 Å². The fourth-order valence-corrected chi connectivity index (χ4v) is 4.21. The normalized spacial score (nSPS) is 15.6. The molecular weight excluding hydrogens is 426 g/mol. The summed E-state index contributed by atoms with van der Waals surface area (Å²) >= 11 is 9.18. The van der Waals surface area contributed by atoms with E-state index in [1.54, 1.807) is 36.4 Å². The molecule has 0 bridgehead atoms. The van der Waals surface area contributed by atoms with Crippen LogP contribution >= 0.6 is 27.5 Å². The molecule has 2 rings (SSSR count). The number of sulfonamides is 1. The summed E-state index contributed by atoms with van der Waals surface area (Å²) < 4.78 is 28.9. The number of aliphatic hydroxyl groups is 1. The standard InChI is InChI=1S/C18H21BrClNO3S/c1-3-12(2)17(18(22)13-4-8-15(20)9-5-13)21-25(23,24)16-10-6-14(19)7-11-16/h4-12,17-18,21-22H,3H2,1-2H3/t12-,17-,18?/m0/s1. The molecule has 0 aliphatic heterocycles. The molecule has 1 unspecified atom stereocenters. The van der Waals surface area contributed by atoms with Crippen molar-refractivity contribution in [1.29, 1.82) is 0 Å². The average molecular weight is 447 g/mol. The van der Waals surface area contributed by atoms with Gasteiger partial charge in [0.1, 0.15) is 0 Å². The minimum Gasteiger partial charge on any atom is -0.387 e. The van der Waals surface area contributed by atoms with Crippen LogP contribution in [0.5, 0.6) is 0 Å². The second-order valence-corrected chi connectivity index (χ2v) is 9.05. The third kappa shape index (κ3) is 5.28. The smallest absolute Gasteiger partial charge is 0.240 e. The van der Waals surface area contributed by atoms with Crippen LogP contribution in [0.1, 0.15) is 31.9 Å². The summed E-state index contributed by atoms with van der Waals surface area (Å²) in [5.74, 6) is -0.0594. The maximum atomic E-state index is 12.7. The molecule has 0 radical (unpaired) electrons. The van der Waals surface area contributed by atoms with E-state index in [1.807, 2.05) is 13.8 Å². The molecule has 0 saturated heterocycles. The predicted octanol–water partition coefficient (Wildman–Crippen LogP) is 4.53. The number of benzene rings is 2. The zero-order chi connectivity index (χ0) is 18.6. The highest BCUT2D eigenvalue weighted by molar-refractivity contribution is 9.10. The molecule has 0 amide bonds. The fourth-order valence-electron chi connectivity index (χ4n) is 2.47. The molecule has 25 heavy (non-hydrogen) atoms. The maximum absolute atomic E-state index is 12.7. The molecule has 3 atom stereocenters. The lowest BCUT2D eigenvalue weighted by Crippen LogP contribution is -2.43. The Balaban J connectivity index is 2.31. The quantitative estimate of drug-likeness (QED) is 0.656. The molecule has 0 aromatic heterocycles. The van der Waals surface area contributed by atoms with Gasteiger partial charge in [-0.05, 0) is 47.9 Å². The Morgan fingerprint density at radius 1 is 1.12 bits per heavy atom. The van der Waals surface area contributed by atoms with Crippen LogP contribution in [0.2, 0.25) is 5.02 Å². The number of halogens is 2. The number of rotatable bonds is 7. The van der Waals surface area contributed by atoms with Gasteiger partial charge in [0.2, 0.25) is 10.0 Å². The lowest BCUT2D eigenvalue weighted by Gasteiger charge is -2.29. The van der Waals surface area contributed by atoms with Crippen LogP contribution in [0.4, 0.5) is 0 Å². The first kappa shape index (κ1) is 20.4. The summed E-state index contributed by atoms with van der Waals surface area (Å²) in [7, 11) is -3.75. The Morgan fingerprint density at radius 2 is 1.68 bits per heavy atom. The third-order valence-corrected chi connectivity index (χ3v) is 6.48. The van der Waals surface area contributed by atoms with Crippen molar-refractivity contribution in [3.63, 3.8) is 0 Å². The lowest BCUT2D eigenvalue weighted by atomic mass is 9.91. The molecule has 0 spiro atoms. The predicted molar refractivity (Wildman–Crippen MR) is 104 cm³/mol. The fraction of sp³-hybridized carbons (Fsp3) is 0.333. The summed E-state index contributed by atoms with van der Waals surface area (Å²) in [5.41, 5.74) is 0.619. The Hall–Kier alpha value is -0.920. The molecule has 136 valence electrons. The molecule has 0 saturated carbocycles. The van der Waals surface area contributed by atoms with Crippen LogP contribution in [0.15, 0.2) is 57.9 Å². The van der Waals surface area contributed by atoms with E-state index in [1.165, 1.54) is 12.1 Å². The van der Waals surface area contributed by atoms with Gasteiger partial charge in [-0.2, -0.15) is 0 Å². The molecule has 4 nitrogen and oxygen atoms in total. The molecular formula is C18H21BrClNO3S. The topological polar surface area (TPSA) is 66.4 Å². The Morgan fingerprint density at radius 3 is 2.20 bits per heavy atom. The molecule has 2 aromatic carbocycles. The van der Waals surface area contributed by atoms with Gasteiger partial charge in [0.15, 0.2) is 0 Å². The summed E-state index contributed by atoms with van der Waals surface area (Å²) in [6.07, 6.45) is -0.254. The van der Waals surface area contributed by atoms with Gasteiger partial charge in [0.25, 0.3) is 0 Å². The van der Waals surface area contributed by atoms with E-state index in [0.717, 1.165) is 10.9 Å². The average Bonchev–Trinajstić information content (AvgIpc) is 2.59. The SMILES string of the molecule is CC[C@H](C)[C@H](NS(=O)(=O)c1ccc(Br)cc1)C(O)c1ccc(Cl)cc1. The number of nitrogens with one attached hydrogen (secondary N) is 1. The molecule has 0 aliphatic carbocycles. The third-order valence-electron chi connectivity index (χ3n) is 4.22. The van der Waals surface area contributed by atoms with Crippen LogP contribution in [-0.4, -0.2) is 19.6 Å². The van der Waals surface area contributed by atoms with Gasteiger partial charge in [0, 0.05) is 9.50 Å². The van der Waals surface area contributed by atoms with Crippen molar-refractivity contribution >= 4 is 37.6 Å². The van der Waals surface area contributed by atoms with Gasteiger partial charge in [-0.25, -0.2) is 13.1 Å². The van der Waals surface area contributed by atoms with Crippen LogP contribution in [-0.2, 0) is 10.0 Å². The highest BCUT2D eigenvalue weighted by Gasteiger charge is 2.30. The van der Waals surface area contributed by atoms with E-state index in [-0.39, 0.29) is 10.8 Å². The summed E-state index contributed by atoms with van der Waals surface area (Å²) in [6.45, 7) is 3.87. The van der Waals surface area contributed by atoms with Crippen molar-refractivity contribution in [2.24, 2.45) is 5.92 Å². The number of hydrogen-bond donors (Lipinski definition) is 2. The highest BCUT2D eigenvalue weighted by Crippen LogP contribution is 2.27. The van der Waals surface area contributed by atoms with Crippen LogP contribution in [0.3, 0.4) is 0 Å². The summed E-state index contributed by atoms with van der Waals surface area (Å²) in [6, 6.07) is 12.5. The first-order valence-corrected chi connectivity index (χ1v) is 10.6. The van der Waals surface area contributed by atoms with Gasteiger partial charge in [-0.1, -0.05) is 59.9 Å². The van der Waals surface area contributed by atoms with Crippen molar-refractivity contribution in [1.82, 2.24) is 4.72 Å². The molecule has 0 aliphatic rings. The monoisotopic (exact) mass is 445 g/mol. The number of aliphatic hydroxyl groups excluding tert-OH is 1. The molecule has 7 heteroatoms. The summed E-state index contributed by atoms with van der Waals surface area (Å²) in [4.78, 5) is 0.160. The molecule has 2 N–H and O–H groups in total.